The van der Waals surface area contributed by atoms with Crippen LogP contribution < -0.4 is 11.1 Å². The van der Waals surface area contributed by atoms with Gasteiger partial charge in [0.1, 0.15) is 5.82 Å². The Morgan fingerprint density at radius 2 is 2.27 bits per heavy atom. The molecule has 0 saturated carbocycles. The molecule has 0 aromatic carbocycles. The van der Waals surface area contributed by atoms with Crippen LogP contribution in [0.5, 0.6) is 0 Å². The van der Waals surface area contributed by atoms with Crippen LogP contribution in [0.25, 0.3) is 0 Å². The number of nitrogens with two attached hydrogens (primary N) is 1. The number of nitrogens with zero attached hydrogens (tertiary/aromatic N) is 1. The van der Waals surface area contributed by atoms with Crippen LogP contribution in [0.2, 0.25) is 0 Å². The molecule has 15 heavy (non-hydrogen) atoms. The molecule has 0 aliphatic carbocycles. The van der Waals surface area contributed by atoms with Crippen LogP contribution in [-0.4, -0.2) is 24.7 Å². The molecule has 1 aromatic rings. The molecule has 4 heteroatoms. The van der Waals surface area contributed by atoms with E-state index in [2.05, 4.69) is 10.3 Å². The number of methoxy groups -OCH3 is 1. The third-order valence-electron chi connectivity index (χ3n) is 2.22. The normalized spacial score (nSPS) is 12.5. The van der Waals surface area contributed by atoms with E-state index >= 15 is 0 Å². The predicted molar refractivity (Wildman–Crippen MR) is 61.8 cm³/mol. The van der Waals surface area contributed by atoms with E-state index in [4.69, 9.17) is 10.5 Å². The largest absolute Gasteiger partial charge is 0.380 e. The van der Waals surface area contributed by atoms with Gasteiger partial charge in [0, 0.05) is 25.9 Å². The first-order valence-corrected chi connectivity index (χ1v) is 5.10. The molecule has 0 amide bonds. The number of anilines is 1. The smallest absolute Gasteiger partial charge is 0.126 e. The molecule has 0 spiro atoms. The van der Waals surface area contributed by atoms with Gasteiger partial charge in [0.15, 0.2) is 0 Å². The molecular formula is C11H19N3O. The highest BCUT2D eigenvalue weighted by atomic mass is 16.5. The maximum absolute atomic E-state index is 5.59. The van der Waals surface area contributed by atoms with Gasteiger partial charge in [0.05, 0.1) is 6.10 Å². The van der Waals surface area contributed by atoms with E-state index in [1.165, 1.54) is 0 Å². The van der Waals surface area contributed by atoms with Gasteiger partial charge in [0.25, 0.3) is 0 Å². The Balaban J connectivity index is 2.64. The van der Waals surface area contributed by atoms with Crippen LogP contribution >= 0.6 is 0 Å². The van der Waals surface area contributed by atoms with Gasteiger partial charge in [-0.2, -0.15) is 0 Å². The predicted octanol–water partition coefficient (Wildman–Crippen LogP) is 1.30. The summed E-state index contributed by atoms with van der Waals surface area (Å²) in [4.78, 5) is 4.37. The maximum atomic E-state index is 5.59. The highest BCUT2D eigenvalue weighted by Gasteiger charge is 2.01. The van der Waals surface area contributed by atoms with E-state index in [1.807, 2.05) is 26.0 Å². The van der Waals surface area contributed by atoms with Crippen LogP contribution in [0, 0.1) is 6.92 Å². The second-order valence-corrected chi connectivity index (χ2v) is 3.63. The Morgan fingerprint density at radius 1 is 1.53 bits per heavy atom. The van der Waals surface area contributed by atoms with Gasteiger partial charge in [-0.05, 0) is 31.5 Å². The van der Waals surface area contributed by atoms with Crippen molar-refractivity contribution >= 4 is 5.82 Å². The van der Waals surface area contributed by atoms with Gasteiger partial charge < -0.3 is 15.8 Å². The van der Waals surface area contributed by atoms with Crippen molar-refractivity contribution in [2.75, 3.05) is 19.0 Å². The zero-order valence-electron chi connectivity index (χ0n) is 9.58. The number of hydrogen-bond donors (Lipinski definition) is 2. The average Bonchev–Trinajstić information content (AvgIpc) is 2.25. The first kappa shape index (κ1) is 11.9. The van der Waals surface area contributed by atoms with Crippen LogP contribution in [0.3, 0.4) is 0 Å². The van der Waals surface area contributed by atoms with Gasteiger partial charge in [-0.25, -0.2) is 4.98 Å². The van der Waals surface area contributed by atoms with E-state index in [0.717, 1.165) is 23.6 Å². The van der Waals surface area contributed by atoms with E-state index < -0.39 is 0 Å². The number of aromatic nitrogens is 1. The quantitative estimate of drug-likeness (QED) is 0.767. The minimum Gasteiger partial charge on any atom is -0.380 e. The van der Waals surface area contributed by atoms with Crippen LogP contribution in [0.1, 0.15) is 18.2 Å². The molecule has 1 rings (SSSR count). The third-order valence-corrected chi connectivity index (χ3v) is 2.22. The van der Waals surface area contributed by atoms with E-state index in [1.54, 1.807) is 7.11 Å². The fraction of sp³-hybridized carbons (Fsp3) is 0.545. The lowest BCUT2D eigenvalue weighted by molar-refractivity contribution is 0.128. The molecule has 3 N–H and O–H groups in total. The first-order valence-electron chi connectivity index (χ1n) is 5.10. The molecule has 1 atom stereocenters. The fourth-order valence-electron chi connectivity index (χ4n) is 1.28. The van der Waals surface area contributed by atoms with E-state index in [0.29, 0.717) is 6.54 Å². The summed E-state index contributed by atoms with van der Waals surface area (Å²) >= 11 is 0. The van der Waals surface area contributed by atoms with Gasteiger partial charge in [-0.15, -0.1) is 0 Å². The minimum atomic E-state index is 0.175. The van der Waals surface area contributed by atoms with E-state index in [-0.39, 0.29) is 6.10 Å². The highest BCUT2D eigenvalue weighted by Crippen LogP contribution is 2.09. The Morgan fingerprint density at radius 3 is 2.87 bits per heavy atom. The highest BCUT2D eigenvalue weighted by molar-refractivity contribution is 5.39. The van der Waals surface area contributed by atoms with Crippen LogP contribution in [-0.2, 0) is 11.3 Å². The molecule has 0 aliphatic heterocycles. The zero-order chi connectivity index (χ0) is 11.3. The van der Waals surface area contributed by atoms with Crippen LogP contribution in [0.15, 0.2) is 12.1 Å². The molecule has 0 fully saturated rings. The summed E-state index contributed by atoms with van der Waals surface area (Å²) in [7, 11) is 1.70. The lowest BCUT2D eigenvalue weighted by atomic mass is 10.2. The Labute approximate surface area is 90.8 Å². The molecule has 1 unspecified atom stereocenters. The van der Waals surface area contributed by atoms with Crippen molar-refractivity contribution in [3.63, 3.8) is 0 Å². The lowest BCUT2D eigenvalue weighted by Crippen LogP contribution is -2.19. The van der Waals surface area contributed by atoms with Crippen molar-refractivity contribution in [2.45, 2.75) is 26.5 Å². The SMILES string of the molecule is COC(C)CNc1cc(CN)cc(C)n1. The summed E-state index contributed by atoms with van der Waals surface area (Å²) in [5, 5.41) is 3.22. The topological polar surface area (TPSA) is 60.2 Å². The van der Waals surface area contributed by atoms with Crippen molar-refractivity contribution in [2.24, 2.45) is 5.73 Å². The van der Waals surface area contributed by atoms with Crippen LogP contribution in [0.4, 0.5) is 5.82 Å². The average molecular weight is 209 g/mol. The lowest BCUT2D eigenvalue weighted by Gasteiger charge is -2.12. The molecule has 0 bridgehead atoms. The second-order valence-electron chi connectivity index (χ2n) is 3.63. The van der Waals surface area contributed by atoms with Gasteiger partial charge in [-0.3, -0.25) is 0 Å². The molecule has 4 nitrogen and oxygen atoms in total. The zero-order valence-corrected chi connectivity index (χ0v) is 9.58. The molecule has 0 saturated heterocycles. The first-order chi connectivity index (χ1) is 7.15. The molecule has 0 radical (unpaired) electrons. The van der Waals surface area contributed by atoms with E-state index in [9.17, 15) is 0 Å². The summed E-state index contributed by atoms with van der Waals surface area (Å²) in [5.74, 6) is 0.861. The number of rotatable bonds is 5. The summed E-state index contributed by atoms with van der Waals surface area (Å²) < 4.78 is 5.14. The molecular weight excluding hydrogens is 190 g/mol. The van der Waals surface area contributed by atoms with Gasteiger partial charge in [-0.1, -0.05) is 0 Å². The Bertz CT molecular complexity index is 315. The Hall–Kier alpha value is -1.13. The molecule has 84 valence electrons. The minimum absolute atomic E-state index is 0.175. The summed E-state index contributed by atoms with van der Waals surface area (Å²) in [6.45, 7) is 5.26. The number of ether oxygens (including phenoxy) is 1. The van der Waals surface area contributed by atoms with Crippen molar-refractivity contribution in [3.05, 3.63) is 23.4 Å². The summed E-state index contributed by atoms with van der Waals surface area (Å²) in [6, 6.07) is 3.96. The Kier molecular flexibility index (Phi) is 4.52. The summed E-state index contributed by atoms with van der Waals surface area (Å²) in [5.41, 5.74) is 7.66. The molecule has 1 heterocycles. The number of pyridine rings is 1. The van der Waals surface area contributed by atoms with Gasteiger partial charge in [0.2, 0.25) is 0 Å². The second kappa shape index (κ2) is 5.68. The maximum Gasteiger partial charge on any atom is 0.126 e. The van der Waals surface area contributed by atoms with Crippen molar-refractivity contribution in [1.29, 1.82) is 0 Å². The van der Waals surface area contributed by atoms with Crippen molar-refractivity contribution in [1.82, 2.24) is 4.98 Å². The third kappa shape index (κ3) is 3.85. The van der Waals surface area contributed by atoms with Crippen molar-refractivity contribution in [3.8, 4) is 0 Å². The van der Waals surface area contributed by atoms with Crippen molar-refractivity contribution < 1.29 is 4.74 Å². The standard InChI is InChI=1S/C11H19N3O/c1-8-4-10(6-12)5-11(14-8)13-7-9(2)15-3/h4-5,9H,6-7,12H2,1-3H3,(H,13,14). The van der Waals surface area contributed by atoms with Gasteiger partial charge >= 0.3 is 0 Å². The monoisotopic (exact) mass is 209 g/mol. The number of hydrogen-bond acceptors (Lipinski definition) is 4. The fourth-order valence-corrected chi connectivity index (χ4v) is 1.28. The summed E-state index contributed by atoms with van der Waals surface area (Å²) in [6.07, 6.45) is 0.175. The molecule has 0 aliphatic rings. The number of nitrogens with one attached hydrogen (secondary N) is 1. The number of aryl methyl sites for hydroxylation is 1. The molecule has 1 aromatic heterocycles.